The minimum Gasteiger partial charge on any atom is -0.364 e. The molecule has 0 unspecified atom stereocenters. The molecule has 1 aromatic heterocycles. The van der Waals surface area contributed by atoms with Crippen LogP contribution < -0.4 is 5.32 Å². The molecule has 0 saturated heterocycles. The summed E-state index contributed by atoms with van der Waals surface area (Å²) in [5, 5.41) is 3.31. The lowest BCUT2D eigenvalue weighted by Crippen LogP contribution is -2.70. The summed E-state index contributed by atoms with van der Waals surface area (Å²) in [6.45, 7) is 1.53. The molecule has 0 atom stereocenters. The maximum Gasteiger partial charge on any atom is 0.161 e. The van der Waals surface area contributed by atoms with Crippen LogP contribution in [0.1, 0.15) is 79.8 Å². The van der Waals surface area contributed by atoms with Crippen LogP contribution in [0, 0.1) is 0 Å². The standard InChI is InChI=1S/C21H25F3N2O/c1-13(27)16-6-25-17(15-5-3-2-4-14(15)16)26-21-10-18(22)7-19(23,11-21)9-20(24,8-18)12-21/h6H,2-5,7-12H2,1H3,(H,25,26). The molecular formula is C21H25F3N2O. The van der Waals surface area contributed by atoms with Gasteiger partial charge in [0, 0.05) is 55.8 Å². The number of hydrogen-bond acceptors (Lipinski definition) is 3. The topological polar surface area (TPSA) is 42.0 Å². The molecule has 3 nitrogen and oxygen atoms in total. The fraction of sp³-hybridized carbons (Fsp3) is 0.714. The third-order valence-electron chi connectivity index (χ3n) is 7.03. The number of halogens is 3. The SMILES string of the molecule is CC(=O)c1cnc(NC23CC4(F)CC(F)(CC(F)(C4)C2)C3)c2c1CCCC2. The van der Waals surface area contributed by atoms with E-state index >= 15 is 13.2 Å². The highest BCUT2D eigenvalue weighted by atomic mass is 19.2. The summed E-state index contributed by atoms with van der Waals surface area (Å²) in [6.07, 6.45) is 4.97. The first-order chi connectivity index (χ1) is 12.6. The van der Waals surface area contributed by atoms with Crippen LogP contribution in [0.5, 0.6) is 0 Å². The van der Waals surface area contributed by atoms with Gasteiger partial charge in [0.2, 0.25) is 0 Å². The molecule has 1 N–H and O–H groups in total. The van der Waals surface area contributed by atoms with Crippen molar-refractivity contribution in [3.8, 4) is 0 Å². The Morgan fingerprint density at radius 2 is 1.44 bits per heavy atom. The fourth-order valence-electron chi connectivity index (χ4n) is 6.82. The van der Waals surface area contributed by atoms with Crippen LogP contribution in [0.2, 0.25) is 0 Å². The lowest BCUT2D eigenvalue weighted by molar-refractivity contribution is -0.183. The van der Waals surface area contributed by atoms with E-state index in [4.69, 9.17) is 0 Å². The van der Waals surface area contributed by atoms with E-state index in [1.165, 1.54) is 6.92 Å². The molecule has 5 aliphatic rings. The Kier molecular flexibility index (Phi) is 3.41. The molecule has 0 amide bonds. The van der Waals surface area contributed by atoms with Crippen LogP contribution in [-0.4, -0.2) is 33.3 Å². The average Bonchev–Trinajstić information content (AvgIpc) is 2.50. The van der Waals surface area contributed by atoms with Crippen molar-refractivity contribution in [2.45, 2.75) is 93.7 Å². The largest absolute Gasteiger partial charge is 0.364 e. The van der Waals surface area contributed by atoms with Crippen molar-refractivity contribution < 1.29 is 18.0 Å². The van der Waals surface area contributed by atoms with Gasteiger partial charge in [-0.15, -0.1) is 0 Å². The number of anilines is 1. The smallest absolute Gasteiger partial charge is 0.161 e. The average molecular weight is 378 g/mol. The van der Waals surface area contributed by atoms with Crippen LogP contribution in [0.3, 0.4) is 0 Å². The van der Waals surface area contributed by atoms with Gasteiger partial charge in [0.05, 0.1) is 0 Å². The zero-order valence-corrected chi connectivity index (χ0v) is 15.6. The molecule has 27 heavy (non-hydrogen) atoms. The maximum atomic E-state index is 15.2. The van der Waals surface area contributed by atoms with Gasteiger partial charge in [-0.05, 0) is 43.7 Å². The zero-order valence-electron chi connectivity index (χ0n) is 15.6. The van der Waals surface area contributed by atoms with E-state index in [1.807, 2.05) is 0 Å². The molecule has 4 fully saturated rings. The predicted octanol–water partition coefficient (Wildman–Crippen LogP) is 4.82. The summed E-state index contributed by atoms with van der Waals surface area (Å²) >= 11 is 0. The van der Waals surface area contributed by atoms with Crippen LogP contribution in [0.4, 0.5) is 19.0 Å². The molecule has 0 radical (unpaired) electrons. The molecule has 4 bridgehead atoms. The van der Waals surface area contributed by atoms with E-state index in [1.54, 1.807) is 6.20 Å². The van der Waals surface area contributed by atoms with Gasteiger partial charge in [0.15, 0.2) is 5.78 Å². The Morgan fingerprint density at radius 3 is 1.96 bits per heavy atom. The highest BCUT2D eigenvalue weighted by molar-refractivity contribution is 5.96. The highest BCUT2D eigenvalue weighted by Crippen LogP contribution is 2.65. The first-order valence-corrected chi connectivity index (χ1v) is 9.99. The number of aromatic nitrogens is 1. The first-order valence-electron chi connectivity index (χ1n) is 9.99. The minimum atomic E-state index is -1.79. The van der Waals surface area contributed by atoms with Crippen LogP contribution >= 0.6 is 0 Å². The zero-order chi connectivity index (χ0) is 19.1. The lowest BCUT2D eigenvalue weighted by atomic mass is 9.49. The molecule has 1 heterocycles. The van der Waals surface area contributed by atoms with Gasteiger partial charge in [0.25, 0.3) is 0 Å². The Morgan fingerprint density at radius 1 is 0.926 bits per heavy atom. The molecule has 0 spiro atoms. The van der Waals surface area contributed by atoms with Crippen LogP contribution in [0.25, 0.3) is 0 Å². The van der Waals surface area contributed by atoms with Crippen molar-refractivity contribution in [1.82, 2.24) is 4.98 Å². The minimum absolute atomic E-state index is 0.0184. The van der Waals surface area contributed by atoms with Gasteiger partial charge < -0.3 is 5.32 Å². The fourth-order valence-corrected chi connectivity index (χ4v) is 6.82. The second-order valence-electron chi connectivity index (χ2n) is 9.66. The van der Waals surface area contributed by atoms with Gasteiger partial charge in [-0.25, -0.2) is 18.2 Å². The van der Waals surface area contributed by atoms with Crippen LogP contribution in [0.15, 0.2) is 6.20 Å². The molecule has 6 rings (SSSR count). The number of pyridine rings is 1. The van der Waals surface area contributed by atoms with Crippen molar-refractivity contribution in [3.63, 3.8) is 0 Å². The number of carbonyl (C=O) groups excluding carboxylic acids is 1. The second-order valence-corrected chi connectivity index (χ2v) is 9.66. The number of ketones is 1. The summed E-state index contributed by atoms with van der Waals surface area (Å²) in [5.74, 6) is 0.572. The second kappa shape index (κ2) is 5.26. The van der Waals surface area contributed by atoms with Crippen molar-refractivity contribution in [2.75, 3.05) is 5.32 Å². The monoisotopic (exact) mass is 378 g/mol. The van der Waals surface area contributed by atoms with Crippen LogP contribution in [-0.2, 0) is 12.8 Å². The van der Waals surface area contributed by atoms with Gasteiger partial charge in [-0.1, -0.05) is 0 Å². The molecule has 4 saturated carbocycles. The lowest BCUT2D eigenvalue weighted by Gasteiger charge is -2.63. The van der Waals surface area contributed by atoms with Crippen molar-refractivity contribution in [3.05, 3.63) is 22.9 Å². The molecule has 5 aliphatic carbocycles. The normalized spacial score (nSPS) is 42.1. The number of hydrogen-bond donors (Lipinski definition) is 1. The van der Waals surface area contributed by atoms with Crippen molar-refractivity contribution in [2.24, 2.45) is 0 Å². The molecule has 146 valence electrons. The third-order valence-corrected chi connectivity index (χ3v) is 7.03. The van der Waals surface area contributed by atoms with E-state index in [0.717, 1.165) is 36.8 Å². The molecular weight excluding hydrogens is 353 g/mol. The molecule has 1 aromatic rings. The number of fused-ring (bicyclic) bond motifs is 1. The number of nitrogens with zero attached hydrogens (tertiary/aromatic N) is 1. The predicted molar refractivity (Wildman–Crippen MR) is 96.5 cm³/mol. The van der Waals surface area contributed by atoms with Gasteiger partial charge >= 0.3 is 0 Å². The van der Waals surface area contributed by atoms with Gasteiger partial charge in [0.1, 0.15) is 22.8 Å². The first kappa shape index (κ1) is 17.5. The summed E-state index contributed by atoms with van der Waals surface area (Å²) in [4.78, 5) is 16.4. The number of alkyl halides is 3. The quantitative estimate of drug-likeness (QED) is 0.767. The van der Waals surface area contributed by atoms with E-state index < -0.39 is 22.5 Å². The van der Waals surface area contributed by atoms with Crippen molar-refractivity contribution >= 4 is 11.6 Å². The molecule has 6 heteroatoms. The molecule has 0 aromatic carbocycles. The number of rotatable bonds is 3. The van der Waals surface area contributed by atoms with E-state index in [9.17, 15) is 4.79 Å². The summed E-state index contributed by atoms with van der Waals surface area (Å²) < 4.78 is 45.7. The third kappa shape index (κ3) is 2.70. The summed E-state index contributed by atoms with van der Waals surface area (Å²) in [5.41, 5.74) is -3.70. The van der Waals surface area contributed by atoms with Gasteiger partial charge in [-0.2, -0.15) is 0 Å². The van der Waals surface area contributed by atoms with Gasteiger partial charge in [-0.3, -0.25) is 4.79 Å². The highest BCUT2D eigenvalue weighted by Gasteiger charge is 2.70. The van der Waals surface area contributed by atoms with E-state index in [2.05, 4.69) is 10.3 Å². The van der Waals surface area contributed by atoms with Crippen molar-refractivity contribution in [1.29, 1.82) is 0 Å². The summed E-state index contributed by atoms with van der Waals surface area (Å²) in [7, 11) is 0. The Hall–Kier alpha value is -1.59. The van der Waals surface area contributed by atoms with E-state index in [0.29, 0.717) is 11.4 Å². The van der Waals surface area contributed by atoms with E-state index in [-0.39, 0.29) is 44.3 Å². The number of Topliss-reactive ketones (excluding diaryl/α,β-unsaturated/α-hetero) is 1. The Balaban J connectivity index is 1.55. The Labute approximate surface area is 157 Å². The summed E-state index contributed by atoms with van der Waals surface area (Å²) in [6, 6.07) is 0. The number of carbonyl (C=O) groups is 1. The maximum absolute atomic E-state index is 15.2. The Bertz CT molecular complexity index is 785. The number of nitrogens with one attached hydrogen (secondary N) is 1. The molecule has 0 aliphatic heterocycles.